The van der Waals surface area contributed by atoms with Crippen LogP contribution in [0.25, 0.3) is 0 Å². The first-order chi connectivity index (χ1) is 10.3. The van der Waals surface area contributed by atoms with Crippen molar-refractivity contribution in [2.75, 3.05) is 20.8 Å². The SMILES string of the molecule is COC(=O)N1CCC(OC)(O[Si](C)(C)C)C1c1ccccc1. The molecule has 1 aromatic carbocycles. The van der Waals surface area contributed by atoms with Gasteiger partial charge in [-0.15, -0.1) is 0 Å². The topological polar surface area (TPSA) is 48.0 Å². The Kier molecular flexibility index (Phi) is 4.94. The second kappa shape index (κ2) is 6.40. The van der Waals surface area contributed by atoms with Crippen LogP contribution in [0.5, 0.6) is 0 Å². The van der Waals surface area contributed by atoms with E-state index in [1.807, 2.05) is 30.3 Å². The van der Waals surface area contributed by atoms with E-state index in [1.54, 1.807) is 12.0 Å². The van der Waals surface area contributed by atoms with Gasteiger partial charge in [0.25, 0.3) is 0 Å². The van der Waals surface area contributed by atoms with Crippen LogP contribution in [0, 0.1) is 0 Å². The summed E-state index contributed by atoms with van der Waals surface area (Å²) in [7, 11) is 1.18. The lowest BCUT2D eigenvalue weighted by molar-refractivity contribution is -0.185. The molecule has 1 aliphatic heterocycles. The Balaban J connectivity index is 2.46. The van der Waals surface area contributed by atoms with Crippen molar-refractivity contribution in [3.05, 3.63) is 35.9 Å². The molecule has 0 aliphatic carbocycles. The number of benzene rings is 1. The van der Waals surface area contributed by atoms with Gasteiger partial charge >= 0.3 is 6.09 Å². The molecule has 1 heterocycles. The van der Waals surface area contributed by atoms with Crippen LogP contribution in [-0.2, 0) is 13.9 Å². The molecular formula is C16H25NO4Si. The molecule has 1 aromatic rings. The standard InChI is InChI=1S/C16H25NO4Si/c1-19-15(18)17-12-11-16(20-2,21-22(3,4)5)14(17)13-9-7-6-8-10-13/h6-10,14H,11-12H2,1-5H3. The van der Waals surface area contributed by atoms with Crippen LogP contribution in [0.1, 0.15) is 18.0 Å². The number of methoxy groups -OCH3 is 2. The zero-order valence-corrected chi connectivity index (χ0v) is 15.0. The summed E-state index contributed by atoms with van der Waals surface area (Å²) in [5.74, 6) is -0.819. The summed E-state index contributed by atoms with van der Waals surface area (Å²) >= 11 is 0. The molecule has 2 atom stereocenters. The van der Waals surface area contributed by atoms with E-state index in [9.17, 15) is 4.79 Å². The quantitative estimate of drug-likeness (QED) is 0.629. The van der Waals surface area contributed by atoms with E-state index in [2.05, 4.69) is 19.6 Å². The molecular weight excluding hydrogens is 298 g/mol. The Morgan fingerprint density at radius 2 is 1.86 bits per heavy atom. The van der Waals surface area contributed by atoms with E-state index in [-0.39, 0.29) is 12.1 Å². The van der Waals surface area contributed by atoms with E-state index in [0.29, 0.717) is 13.0 Å². The fourth-order valence-electron chi connectivity index (χ4n) is 3.04. The molecule has 5 nitrogen and oxygen atoms in total. The Labute approximate surface area is 133 Å². The number of hydrogen-bond donors (Lipinski definition) is 0. The lowest BCUT2D eigenvalue weighted by Gasteiger charge is -2.40. The third-order valence-corrected chi connectivity index (χ3v) is 4.74. The van der Waals surface area contributed by atoms with Crippen LogP contribution in [0.2, 0.25) is 19.6 Å². The highest BCUT2D eigenvalue weighted by Crippen LogP contribution is 2.45. The lowest BCUT2D eigenvalue weighted by atomic mass is 9.99. The van der Waals surface area contributed by atoms with Crippen molar-refractivity contribution in [3.63, 3.8) is 0 Å². The Morgan fingerprint density at radius 3 is 2.36 bits per heavy atom. The molecule has 2 rings (SSSR count). The molecule has 1 fully saturated rings. The molecule has 0 saturated carbocycles. The largest absolute Gasteiger partial charge is 0.453 e. The zero-order valence-electron chi connectivity index (χ0n) is 14.0. The molecule has 0 spiro atoms. The number of ether oxygens (including phenoxy) is 2. The van der Waals surface area contributed by atoms with Crippen LogP contribution in [-0.4, -0.2) is 45.9 Å². The van der Waals surface area contributed by atoms with Gasteiger partial charge in [-0.25, -0.2) is 4.79 Å². The smallest absolute Gasteiger partial charge is 0.410 e. The summed E-state index contributed by atoms with van der Waals surface area (Å²) in [5.41, 5.74) is 0.991. The van der Waals surface area contributed by atoms with Crippen molar-refractivity contribution in [1.82, 2.24) is 4.90 Å². The molecule has 22 heavy (non-hydrogen) atoms. The monoisotopic (exact) mass is 323 g/mol. The molecule has 6 heteroatoms. The molecule has 1 saturated heterocycles. The van der Waals surface area contributed by atoms with Crippen LogP contribution in [0.4, 0.5) is 4.79 Å². The zero-order chi connectivity index (χ0) is 16.4. The maximum Gasteiger partial charge on any atom is 0.410 e. The van der Waals surface area contributed by atoms with E-state index in [1.165, 1.54) is 7.11 Å². The maximum absolute atomic E-state index is 12.2. The van der Waals surface area contributed by atoms with Gasteiger partial charge in [-0.1, -0.05) is 30.3 Å². The van der Waals surface area contributed by atoms with Crippen LogP contribution in [0.3, 0.4) is 0 Å². The number of carbonyl (C=O) groups is 1. The predicted octanol–water partition coefficient (Wildman–Crippen LogP) is 3.39. The molecule has 0 N–H and O–H groups in total. The summed E-state index contributed by atoms with van der Waals surface area (Å²) in [4.78, 5) is 13.9. The van der Waals surface area contributed by atoms with Gasteiger partial charge in [0.05, 0.1) is 7.11 Å². The Morgan fingerprint density at radius 1 is 1.23 bits per heavy atom. The molecule has 1 amide bonds. The van der Waals surface area contributed by atoms with Gasteiger partial charge in [0.1, 0.15) is 6.04 Å². The van der Waals surface area contributed by atoms with E-state index < -0.39 is 14.1 Å². The first kappa shape index (κ1) is 17.0. The van der Waals surface area contributed by atoms with E-state index in [4.69, 9.17) is 13.9 Å². The lowest BCUT2D eigenvalue weighted by Crippen LogP contribution is -2.49. The molecule has 0 aromatic heterocycles. The van der Waals surface area contributed by atoms with Gasteiger partial charge in [-0.2, -0.15) is 0 Å². The number of likely N-dealkylation sites (tertiary alicyclic amines) is 1. The highest BCUT2D eigenvalue weighted by atomic mass is 28.4. The molecule has 122 valence electrons. The first-order valence-corrected chi connectivity index (χ1v) is 10.9. The number of hydrogen-bond acceptors (Lipinski definition) is 4. The van der Waals surface area contributed by atoms with Crippen LogP contribution in [0.15, 0.2) is 30.3 Å². The fourth-order valence-corrected chi connectivity index (χ4v) is 4.38. The molecule has 1 aliphatic rings. The molecule has 0 bridgehead atoms. The van der Waals surface area contributed by atoms with Crippen LogP contribution >= 0.6 is 0 Å². The summed E-state index contributed by atoms with van der Waals surface area (Å²) in [6.45, 7) is 6.91. The summed E-state index contributed by atoms with van der Waals surface area (Å²) in [5, 5.41) is 0. The predicted molar refractivity (Wildman–Crippen MR) is 87.1 cm³/mol. The van der Waals surface area contributed by atoms with Gasteiger partial charge in [-0.3, -0.25) is 4.90 Å². The van der Waals surface area contributed by atoms with Crippen molar-refractivity contribution in [3.8, 4) is 0 Å². The van der Waals surface area contributed by atoms with Crippen molar-refractivity contribution in [2.24, 2.45) is 0 Å². The Hall–Kier alpha value is -1.37. The fraction of sp³-hybridized carbons (Fsp3) is 0.562. The molecule has 0 radical (unpaired) electrons. The average molecular weight is 323 g/mol. The first-order valence-electron chi connectivity index (χ1n) is 7.48. The van der Waals surface area contributed by atoms with Gasteiger partial charge in [0.2, 0.25) is 0 Å². The second-order valence-electron chi connectivity index (χ2n) is 6.46. The van der Waals surface area contributed by atoms with E-state index in [0.717, 1.165) is 5.56 Å². The third kappa shape index (κ3) is 3.34. The summed E-state index contributed by atoms with van der Waals surface area (Å²) < 4.78 is 17.2. The number of carbonyl (C=O) groups excluding carboxylic acids is 1. The van der Waals surface area contributed by atoms with Gasteiger partial charge in [0, 0.05) is 20.1 Å². The van der Waals surface area contributed by atoms with Gasteiger partial charge < -0.3 is 13.9 Å². The van der Waals surface area contributed by atoms with Gasteiger partial charge in [-0.05, 0) is 25.2 Å². The third-order valence-electron chi connectivity index (χ3n) is 3.78. The minimum atomic E-state index is -1.87. The van der Waals surface area contributed by atoms with Gasteiger partial charge in [0.15, 0.2) is 14.1 Å². The van der Waals surface area contributed by atoms with Crippen molar-refractivity contribution in [2.45, 2.75) is 37.9 Å². The summed E-state index contributed by atoms with van der Waals surface area (Å²) in [6.07, 6.45) is 0.273. The van der Waals surface area contributed by atoms with Crippen LogP contribution < -0.4 is 0 Å². The number of amides is 1. The minimum Gasteiger partial charge on any atom is -0.453 e. The maximum atomic E-state index is 12.2. The number of nitrogens with zero attached hydrogens (tertiary/aromatic N) is 1. The Bertz CT molecular complexity index is 517. The van der Waals surface area contributed by atoms with Crippen molar-refractivity contribution in [1.29, 1.82) is 0 Å². The van der Waals surface area contributed by atoms with Crippen molar-refractivity contribution >= 4 is 14.4 Å². The normalized spacial score (nSPS) is 25.3. The van der Waals surface area contributed by atoms with Crippen molar-refractivity contribution < 1.29 is 18.7 Å². The summed E-state index contributed by atoms with van der Waals surface area (Å²) in [6, 6.07) is 9.55. The van der Waals surface area contributed by atoms with E-state index >= 15 is 0 Å². The number of rotatable bonds is 4. The average Bonchev–Trinajstić information content (AvgIpc) is 2.85. The highest BCUT2D eigenvalue weighted by Gasteiger charge is 2.53. The molecule has 2 unspecified atom stereocenters. The second-order valence-corrected chi connectivity index (χ2v) is 10.9. The highest BCUT2D eigenvalue weighted by molar-refractivity contribution is 6.69. The minimum absolute atomic E-state index is 0.308.